The zero-order chi connectivity index (χ0) is 20.1. The van der Waals surface area contributed by atoms with Crippen LogP contribution in [0.25, 0.3) is 0 Å². The molecule has 1 atom stereocenters. The maximum atomic E-state index is 12.9. The summed E-state index contributed by atoms with van der Waals surface area (Å²) in [7, 11) is 0. The Kier molecular flexibility index (Phi) is 6.06. The molecule has 0 aliphatic carbocycles. The molecule has 0 saturated heterocycles. The van der Waals surface area contributed by atoms with Crippen LogP contribution in [0.3, 0.4) is 0 Å². The smallest absolute Gasteiger partial charge is 0.416 e. The fourth-order valence-electron chi connectivity index (χ4n) is 2.77. The van der Waals surface area contributed by atoms with E-state index >= 15 is 0 Å². The van der Waals surface area contributed by atoms with Gasteiger partial charge in [-0.25, -0.2) is 0 Å². The van der Waals surface area contributed by atoms with Gasteiger partial charge in [0.25, 0.3) is 5.91 Å². The van der Waals surface area contributed by atoms with Crippen LogP contribution in [0.4, 0.5) is 18.9 Å². The highest BCUT2D eigenvalue weighted by atomic mass is 35.5. The van der Waals surface area contributed by atoms with Crippen molar-refractivity contribution in [1.82, 2.24) is 0 Å². The van der Waals surface area contributed by atoms with E-state index in [1.807, 2.05) is 30.3 Å². The van der Waals surface area contributed by atoms with Crippen molar-refractivity contribution in [1.29, 1.82) is 0 Å². The number of anilines is 1. The number of benzene rings is 2. The predicted octanol–water partition coefficient (Wildman–Crippen LogP) is 4.24. The van der Waals surface area contributed by atoms with Crippen LogP contribution in [0.2, 0.25) is 5.02 Å². The third-order valence-electron chi connectivity index (χ3n) is 4.12. The lowest BCUT2D eigenvalue weighted by Gasteiger charge is -2.15. The van der Waals surface area contributed by atoms with Crippen molar-refractivity contribution in [3.63, 3.8) is 0 Å². The van der Waals surface area contributed by atoms with E-state index in [9.17, 15) is 18.0 Å². The van der Waals surface area contributed by atoms with E-state index in [2.05, 4.69) is 5.32 Å². The van der Waals surface area contributed by atoms with Gasteiger partial charge in [0, 0.05) is 5.56 Å². The maximum absolute atomic E-state index is 12.9. The van der Waals surface area contributed by atoms with E-state index in [0.29, 0.717) is 5.76 Å². The molecule has 0 fully saturated rings. The van der Waals surface area contributed by atoms with E-state index in [0.717, 1.165) is 23.8 Å². The number of halogens is 4. The normalized spacial score (nSPS) is 12.6. The molecule has 1 amide bonds. The van der Waals surface area contributed by atoms with Crippen molar-refractivity contribution in [3.05, 3.63) is 88.8 Å². The first-order valence-electron chi connectivity index (χ1n) is 8.43. The van der Waals surface area contributed by atoms with Crippen molar-refractivity contribution in [2.45, 2.75) is 12.2 Å². The van der Waals surface area contributed by atoms with Gasteiger partial charge in [-0.1, -0.05) is 41.9 Å². The average molecular weight is 410 g/mol. The maximum Gasteiger partial charge on any atom is 0.416 e. The molecule has 8 heteroatoms. The Bertz CT molecular complexity index is 928. The molecule has 28 heavy (non-hydrogen) atoms. The number of amides is 1. The second kappa shape index (κ2) is 8.50. The molecular weight excluding hydrogens is 393 g/mol. The van der Waals surface area contributed by atoms with E-state index in [1.165, 1.54) is 0 Å². The second-order valence-corrected chi connectivity index (χ2v) is 6.49. The Morgan fingerprint density at radius 1 is 1.11 bits per heavy atom. The zero-order valence-corrected chi connectivity index (χ0v) is 15.3. The van der Waals surface area contributed by atoms with Gasteiger partial charge in [0.2, 0.25) is 0 Å². The van der Waals surface area contributed by atoms with E-state index in [-0.39, 0.29) is 23.3 Å². The zero-order valence-electron chi connectivity index (χ0n) is 14.5. The molecule has 1 aromatic heterocycles. The molecule has 3 aromatic rings. The van der Waals surface area contributed by atoms with Crippen LogP contribution < -0.4 is 10.6 Å². The summed E-state index contributed by atoms with van der Waals surface area (Å²) < 4.78 is 44.1. The van der Waals surface area contributed by atoms with E-state index in [4.69, 9.17) is 16.0 Å². The summed E-state index contributed by atoms with van der Waals surface area (Å²) in [6.45, 7) is -0.0349. The van der Waals surface area contributed by atoms with Crippen molar-refractivity contribution >= 4 is 23.2 Å². The van der Waals surface area contributed by atoms with E-state index < -0.39 is 17.6 Å². The minimum absolute atomic E-state index is 0.0343. The fourth-order valence-corrected chi connectivity index (χ4v) is 2.93. The largest absolute Gasteiger partial charge is 0.463 e. The first kappa shape index (κ1) is 20.0. The summed E-state index contributed by atoms with van der Waals surface area (Å²) in [5.41, 5.74) is -0.0274. The average Bonchev–Trinajstić information content (AvgIpc) is 3.18. The highest BCUT2D eigenvalue weighted by Crippen LogP contribution is 2.33. The van der Waals surface area contributed by atoms with Gasteiger partial charge in [-0.2, -0.15) is 13.2 Å². The molecule has 2 aromatic carbocycles. The molecule has 3 N–H and O–H groups in total. The van der Waals surface area contributed by atoms with Gasteiger partial charge in [0.05, 0.1) is 22.5 Å². The summed E-state index contributed by atoms with van der Waals surface area (Å²) in [6.07, 6.45) is -2.98. The number of hydrogen-bond acceptors (Lipinski definition) is 2. The number of furan rings is 1. The third kappa shape index (κ3) is 4.94. The number of quaternary nitrogens is 1. The molecule has 4 nitrogen and oxygen atoms in total. The number of nitrogens with two attached hydrogens (primary N) is 1. The van der Waals surface area contributed by atoms with Crippen LogP contribution in [0.5, 0.6) is 0 Å². The number of nitrogens with one attached hydrogen (secondary N) is 1. The van der Waals surface area contributed by atoms with Gasteiger partial charge in [0.1, 0.15) is 0 Å². The van der Waals surface area contributed by atoms with Gasteiger partial charge in [-0.3, -0.25) is 4.79 Å². The second-order valence-electron chi connectivity index (χ2n) is 6.08. The quantitative estimate of drug-likeness (QED) is 0.639. The van der Waals surface area contributed by atoms with Crippen molar-refractivity contribution < 1.29 is 27.7 Å². The molecule has 0 radical (unpaired) electrons. The molecular formula is C20H17ClF3N2O2+. The highest BCUT2D eigenvalue weighted by Gasteiger charge is 2.31. The molecule has 3 rings (SSSR count). The van der Waals surface area contributed by atoms with Crippen LogP contribution in [0.1, 0.15) is 22.9 Å². The Balaban J connectivity index is 1.71. The molecule has 0 aliphatic heterocycles. The summed E-state index contributed by atoms with van der Waals surface area (Å²) >= 11 is 5.92. The molecule has 146 valence electrons. The summed E-state index contributed by atoms with van der Waals surface area (Å²) in [5.74, 6) is 0.185. The molecule has 0 spiro atoms. The van der Waals surface area contributed by atoms with Crippen LogP contribution in [0, 0.1) is 0 Å². The number of hydrogen-bond donors (Lipinski definition) is 2. The van der Waals surface area contributed by atoms with Crippen molar-refractivity contribution in [2.24, 2.45) is 0 Å². The molecule has 1 heterocycles. The van der Waals surface area contributed by atoms with Gasteiger partial charge < -0.3 is 15.1 Å². The lowest BCUT2D eigenvalue weighted by atomic mass is 10.0. The monoisotopic (exact) mass is 409 g/mol. The van der Waals surface area contributed by atoms with Gasteiger partial charge >= 0.3 is 6.18 Å². The van der Waals surface area contributed by atoms with Gasteiger partial charge in [0.15, 0.2) is 18.3 Å². The molecule has 0 unspecified atom stereocenters. The Morgan fingerprint density at radius 3 is 2.50 bits per heavy atom. The minimum atomic E-state index is -4.52. The van der Waals surface area contributed by atoms with Gasteiger partial charge in [-0.15, -0.1) is 0 Å². The highest BCUT2D eigenvalue weighted by molar-refractivity contribution is 6.33. The fraction of sp³-hybridized carbons (Fsp3) is 0.150. The predicted molar refractivity (Wildman–Crippen MR) is 98.9 cm³/mol. The van der Waals surface area contributed by atoms with E-state index in [1.54, 1.807) is 23.7 Å². The summed E-state index contributed by atoms with van der Waals surface area (Å²) in [6, 6.07) is 15.5. The Hall–Kier alpha value is -2.77. The Morgan fingerprint density at radius 2 is 1.86 bits per heavy atom. The first-order valence-corrected chi connectivity index (χ1v) is 8.80. The van der Waals surface area contributed by atoms with Crippen LogP contribution >= 0.6 is 11.6 Å². The minimum Gasteiger partial charge on any atom is -0.463 e. The third-order valence-corrected chi connectivity index (χ3v) is 4.44. The molecule has 0 bridgehead atoms. The lowest BCUT2D eigenvalue weighted by molar-refractivity contribution is -0.678. The standard InChI is InChI=1S/C20H16ClF3N2O2/c21-15-9-8-14(20(22,23)24)11-16(15)26-18(27)12-25-19(17-7-4-10-28-17)13-5-2-1-3-6-13/h1-11,19,25H,12H2,(H,26,27)/p+1/t19-/m1/s1. The van der Waals surface area contributed by atoms with Crippen molar-refractivity contribution in [2.75, 3.05) is 11.9 Å². The first-order chi connectivity index (χ1) is 13.3. The summed E-state index contributed by atoms with van der Waals surface area (Å²) in [4.78, 5) is 12.3. The topological polar surface area (TPSA) is 58.9 Å². The van der Waals surface area contributed by atoms with Gasteiger partial charge in [-0.05, 0) is 30.3 Å². The Labute approximate surface area is 164 Å². The molecule has 0 saturated carbocycles. The van der Waals surface area contributed by atoms with Crippen molar-refractivity contribution in [3.8, 4) is 0 Å². The summed E-state index contributed by atoms with van der Waals surface area (Å²) in [5, 5.41) is 4.22. The lowest BCUT2D eigenvalue weighted by Crippen LogP contribution is -2.87. The number of alkyl halides is 3. The number of rotatable bonds is 6. The number of carbonyl (C=O) groups is 1. The van der Waals surface area contributed by atoms with Crippen LogP contribution in [-0.4, -0.2) is 12.5 Å². The van der Waals surface area contributed by atoms with Crippen LogP contribution in [-0.2, 0) is 11.0 Å². The number of carbonyl (C=O) groups excluding carboxylic acids is 1. The van der Waals surface area contributed by atoms with Crippen LogP contribution in [0.15, 0.2) is 71.3 Å². The SMILES string of the molecule is O=C(C[NH2+][C@H](c1ccccc1)c1ccco1)Nc1cc(C(F)(F)F)ccc1Cl. The molecule has 0 aliphatic rings.